The van der Waals surface area contributed by atoms with E-state index in [2.05, 4.69) is 56.0 Å². The molecule has 2 N–H and O–H groups in total. The summed E-state index contributed by atoms with van der Waals surface area (Å²) in [6.45, 7) is 9.21. The minimum absolute atomic E-state index is 0.312. The highest BCUT2D eigenvalue weighted by molar-refractivity contribution is 5.19. The van der Waals surface area contributed by atoms with Crippen LogP contribution in [0.4, 0.5) is 0 Å². The van der Waals surface area contributed by atoms with E-state index in [1.165, 1.54) is 5.56 Å². The molecule has 0 spiro atoms. The van der Waals surface area contributed by atoms with E-state index in [1.807, 2.05) is 0 Å². The van der Waals surface area contributed by atoms with Crippen LogP contribution in [0.3, 0.4) is 0 Å². The molecular formula is C17H28N2O. The Morgan fingerprint density at radius 2 is 2.00 bits per heavy atom. The zero-order valence-corrected chi connectivity index (χ0v) is 13.0. The highest BCUT2D eigenvalue weighted by Crippen LogP contribution is 2.25. The number of ether oxygens (including phenoxy) is 1. The van der Waals surface area contributed by atoms with E-state index in [0.717, 1.165) is 19.6 Å². The van der Waals surface area contributed by atoms with Crippen LogP contribution in [0.15, 0.2) is 30.3 Å². The molecule has 112 valence electrons. The van der Waals surface area contributed by atoms with Crippen molar-refractivity contribution in [2.75, 3.05) is 19.7 Å². The van der Waals surface area contributed by atoms with Crippen LogP contribution in [0.25, 0.3) is 0 Å². The first-order valence-corrected chi connectivity index (χ1v) is 7.74. The van der Waals surface area contributed by atoms with Crippen LogP contribution in [0.1, 0.15) is 38.7 Å². The van der Waals surface area contributed by atoms with Gasteiger partial charge in [0.05, 0.1) is 12.7 Å². The molecule has 20 heavy (non-hydrogen) atoms. The average Bonchev–Trinajstić information content (AvgIpc) is 2.48. The predicted octanol–water partition coefficient (Wildman–Crippen LogP) is 2.62. The summed E-state index contributed by atoms with van der Waals surface area (Å²) >= 11 is 0. The summed E-state index contributed by atoms with van der Waals surface area (Å²) in [5.74, 6) is 0.537. The Morgan fingerprint density at radius 3 is 2.65 bits per heavy atom. The van der Waals surface area contributed by atoms with Crippen molar-refractivity contribution in [1.82, 2.24) is 4.90 Å². The van der Waals surface area contributed by atoms with Gasteiger partial charge in [-0.1, -0.05) is 37.3 Å². The van der Waals surface area contributed by atoms with E-state index in [0.29, 0.717) is 30.7 Å². The molecule has 0 saturated carbocycles. The molecule has 0 radical (unpaired) electrons. The third-order valence-corrected chi connectivity index (χ3v) is 4.39. The van der Waals surface area contributed by atoms with Gasteiger partial charge in [0.15, 0.2) is 0 Å². The average molecular weight is 276 g/mol. The van der Waals surface area contributed by atoms with Gasteiger partial charge in [0.25, 0.3) is 0 Å². The van der Waals surface area contributed by atoms with Gasteiger partial charge in [-0.3, -0.25) is 4.90 Å². The van der Waals surface area contributed by atoms with Gasteiger partial charge in [0.2, 0.25) is 0 Å². The van der Waals surface area contributed by atoms with E-state index < -0.39 is 0 Å². The van der Waals surface area contributed by atoms with Crippen LogP contribution >= 0.6 is 0 Å². The summed E-state index contributed by atoms with van der Waals surface area (Å²) in [6.07, 6.45) is 1.42. The fourth-order valence-corrected chi connectivity index (χ4v) is 3.13. The largest absolute Gasteiger partial charge is 0.376 e. The van der Waals surface area contributed by atoms with Crippen molar-refractivity contribution in [2.45, 2.75) is 51.3 Å². The smallest absolute Gasteiger partial charge is 0.0674 e. The van der Waals surface area contributed by atoms with Gasteiger partial charge in [-0.05, 0) is 31.7 Å². The lowest BCUT2D eigenvalue weighted by molar-refractivity contribution is -0.0664. The van der Waals surface area contributed by atoms with E-state index in [4.69, 9.17) is 10.5 Å². The molecule has 1 aliphatic heterocycles. The fourth-order valence-electron chi connectivity index (χ4n) is 3.13. The third-order valence-electron chi connectivity index (χ3n) is 4.39. The van der Waals surface area contributed by atoms with E-state index in [9.17, 15) is 0 Å². The molecule has 3 heteroatoms. The second kappa shape index (κ2) is 7.21. The number of morpholine rings is 1. The summed E-state index contributed by atoms with van der Waals surface area (Å²) < 4.78 is 5.72. The summed E-state index contributed by atoms with van der Waals surface area (Å²) in [7, 11) is 0. The minimum atomic E-state index is 0.312. The lowest BCUT2D eigenvalue weighted by Gasteiger charge is -2.42. The second-order valence-electron chi connectivity index (χ2n) is 6.13. The Kier molecular flexibility index (Phi) is 5.58. The monoisotopic (exact) mass is 276 g/mol. The van der Waals surface area contributed by atoms with Crippen molar-refractivity contribution >= 4 is 0 Å². The van der Waals surface area contributed by atoms with Crippen molar-refractivity contribution in [3.63, 3.8) is 0 Å². The number of hydrogen-bond acceptors (Lipinski definition) is 3. The molecule has 1 fully saturated rings. The molecule has 0 aliphatic carbocycles. The van der Waals surface area contributed by atoms with Crippen molar-refractivity contribution in [3.05, 3.63) is 35.9 Å². The molecule has 1 aromatic carbocycles. The number of rotatable bonds is 5. The summed E-state index contributed by atoms with van der Waals surface area (Å²) in [4.78, 5) is 2.54. The standard InChI is InChI=1S/C17H28N2O/c1-13(16-7-5-4-6-8-16)9-17(10-18)19-11-15(3)20-12-14(19)2/h4-8,13-15,17H,9-12,18H2,1-3H3. The Balaban J connectivity index is 2.01. The number of benzene rings is 1. The molecule has 1 heterocycles. The maximum absolute atomic E-state index is 6.06. The van der Waals surface area contributed by atoms with Gasteiger partial charge in [0.1, 0.15) is 0 Å². The van der Waals surface area contributed by atoms with Gasteiger partial charge in [-0.25, -0.2) is 0 Å². The van der Waals surface area contributed by atoms with Gasteiger partial charge < -0.3 is 10.5 Å². The topological polar surface area (TPSA) is 38.5 Å². The third kappa shape index (κ3) is 3.81. The summed E-state index contributed by atoms with van der Waals surface area (Å²) in [5.41, 5.74) is 7.46. The van der Waals surface area contributed by atoms with Gasteiger partial charge in [-0.2, -0.15) is 0 Å². The normalized spacial score (nSPS) is 27.2. The molecule has 4 atom stereocenters. The second-order valence-corrected chi connectivity index (χ2v) is 6.13. The van der Waals surface area contributed by atoms with Crippen molar-refractivity contribution in [3.8, 4) is 0 Å². The van der Waals surface area contributed by atoms with Crippen LogP contribution in [-0.4, -0.2) is 42.8 Å². The first-order chi connectivity index (χ1) is 9.61. The first kappa shape index (κ1) is 15.5. The van der Waals surface area contributed by atoms with Gasteiger partial charge >= 0.3 is 0 Å². The molecule has 1 aliphatic rings. The molecule has 3 nitrogen and oxygen atoms in total. The van der Waals surface area contributed by atoms with Crippen LogP contribution in [-0.2, 0) is 4.74 Å². The Morgan fingerprint density at radius 1 is 1.30 bits per heavy atom. The molecule has 0 bridgehead atoms. The van der Waals surface area contributed by atoms with Crippen molar-refractivity contribution in [1.29, 1.82) is 0 Å². The molecular weight excluding hydrogens is 248 g/mol. The van der Waals surface area contributed by atoms with Gasteiger partial charge in [0, 0.05) is 25.2 Å². The van der Waals surface area contributed by atoms with Crippen LogP contribution in [0, 0.1) is 0 Å². The van der Waals surface area contributed by atoms with E-state index in [-0.39, 0.29) is 0 Å². The maximum atomic E-state index is 6.06. The Labute approximate surface area is 123 Å². The maximum Gasteiger partial charge on any atom is 0.0674 e. The molecule has 4 unspecified atom stereocenters. The Hall–Kier alpha value is -0.900. The molecule has 2 rings (SSSR count). The SMILES string of the molecule is CC1CN(C(CN)CC(C)c2ccccc2)C(C)CO1. The minimum Gasteiger partial charge on any atom is -0.376 e. The lowest BCUT2D eigenvalue weighted by atomic mass is 9.92. The number of nitrogens with zero attached hydrogens (tertiary/aromatic N) is 1. The summed E-state index contributed by atoms with van der Waals surface area (Å²) in [6, 6.07) is 11.6. The first-order valence-electron chi connectivity index (χ1n) is 7.74. The Bertz CT molecular complexity index is 395. The van der Waals surface area contributed by atoms with Crippen LogP contribution in [0.2, 0.25) is 0 Å². The van der Waals surface area contributed by atoms with Gasteiger partial charge in [-0.15, -0.1) is 0 Å². The molecule has 0 amide bonds. The highest BCUT2D eigenvalue weighted by Gasteiger charge is 2.29. The van der Waals surface area contributed by atoms with Crippen LogP contribution < -0.4 is 5.73 Å². The lowest BCUT2D eigenvalue weighted by Crippen LogP contribution is -2.54. The molecule has 0 aromatic heterocycles. The zero-order valence-electron chi connectivity index (χ0n) is 13.0. The van der Waals surface area contributed by atoms with Crippen LogP contribution in [0.5, 0.6) is 0 Å². The van der Waals surface area contributed by atoms with Crippen molar-refractivity contribution in [2.24, 2.45) is 5.73 Å². The summed E-state index contributed by atoms with van der Waals surface area (Å²) in [5, 5.41) is 0. The predicted molar refractivity (Wildman–Crippen MR) is 83.9 cm³/mol. The number of hydrogen-bond donors (Lipinski definition) is 1. The quantitative estimate of drug-likeness (QED) is 0.898. The van der Waals surface area contributed by atoms with Crippen molar-refractivity contribution < 1.29 is 4.74 Å². The fraction of sp³-hybridized carbons (Fsp3) is 0.647. The zero-order chi connectivity index (χ0) is 14.5. The number of nitrogens with two attached hydrogens (primary N) is 1. The highest BCUT2D eigenvalue weighted by atomic mass is 16.5. The van der Waals surface area contributed by atoms with E-state index in [1.54, 1.807) is 0 Å². The molecule has 1 saturated heterocycles. The molecule has 1 aromatic rings. The van der Waals surface area contributed by atoms with E-state index >= 15 is 0 Å².